The molecule has 0 saturated heterocycles. The molecule has 3 aromatic heterocycles. The Kier molecular flexibility index (Phi) is 6.32. The summed E-state index contributed by atoms with van der Waals surface area (Å²) >= 11 is 0. The fraction of sp³-hybridized carbons (Fsp3) is 0.538. The third-order valence-corrected chi connectivity index (χ3v) is 3.31. The molecule has 0 bridgehead atoms. The van der Waals surface area contributed by atoms with E-state index in [4.69, 9.17) is 19.9 Å². The minimum atomic E-state index is -0.864. The third kappa shape index (κ3) is 5.66. The Balaban J connectivity index is 1.47. The van der Waals surface area contributed by atoms with Crippen molar-refractivity contribution in [1.29, 1.82) is 0 Å². The second-order valence-corrected chi connectivity index (χ2v) is 5.72. The highest BCUT2D eigenvalue weighted by Gasteiger charge is 2.27. The largest absolute Gasteiger partial charge is 0.373 e. The SMILES string of the molecule is NC(COCc1cn[nH]n1)(COCc1cn[nH]n1)COCc1cn[nH]n1. The minimum Gasteiger partial charge on any atom is -0.373 e. The molecule has 13 heteroatoms. The van der Waals surface area contributed by atoms with Gasteiger partial charge in [-0.15, -0.1) is 0 Å². The predicted molar refractivity (Wildman–Crippen MR) is 85.0 cm³/mol. The molecular formula is C13H20N10O3. The average molecular weight is 364 g/mol. The predicted octanol–water partition coefficient (Wildman–Crippen LogP) is -1.31. The average Bonchev–Trinajstić information content (AvgIpc) is 3.39. The van der Waals surface area contributed by atoms with E-state index in [0.717, 1.165) is 0 Å². The maximum atomic E-state index is 6.41. The number of nitrogens with one attached hydrogen (secondary N) is 3. The van der Waals surface area contributed by atoms with Crippen molar-refractivity contribution in [2.75, 3.05) is 19.8 Å². The van der Waals surface area contributed by atoms with Crippen molar-refractivity contribution in [3.05, 3.63) is 35.7 Å². The van der Waals surface area contributed by atoms with Gasteiger partial charge in [0.2, 0.25) is 0 Å². The standard InChI is InChI=1S/C13H20N10O3/c14-13(7-24-4-10-1-15-21-18-10,8-25-5-11-2-16-22-19-11)9-26-6-12-3-17-23-20-12/h1-3H,4-9,14H2,(H,15,18,21)(H,16,19,22)(H,17,20,23). The number of ether oxygens (including phenoxy) is 3. The summed E-state index contributed by atoms with van der Waals surface area (Å²) in [7, 11) is 0. The van der Waals surface area contributed by atoms with Crippen LogP contribution in [0.2, 0.25) is 0 Å². The Bertz CT molecular complexity index is 617. The molecule has 26 heavy (non-hydrogen) atoms. The second-order valence-electron chi connectivity index (χ2n) is 5.72. The molecule has 0 amide bonds. The smallest absolute Gasteiger partial charge is 0.108 e. The van der Waals surface area contributed by atoms with Crippen LogP contribution in [0.1, 0.15) is 17.1 Å². The van der Waals surface area contributed by atoms with Crippen molar-refractivity contribution >= 4 is 0 Å². The van der Waals surface area contributed by atoms with E-state index in [9.17, 15) is 0 Å². The van der Waals surface area contributed by atoms with E-state index in [0.29, 0.717) is 17.1 Å². The first kappa shape index (κ1) is 18.1. The van der Waals surface area contributed by atoms with E-state index < -0.39 is 5.54 Å². The number of nitrogens with two attached hydrogens (primary N) is 1. The Morgan fingerprint density at radius 1 is 0.692 bits per heavy atom. The summed E-state index contributed by atoms with van der Waals surface area (Å²) in [5.74, 6) is 0. The highest BCUT2D eigenvalue weighted by Crippen LogP contribution is 2.09. The van der Waals surface area contributed by atoms with E-state index in [1.54, 1.807) is 18.6 Å². The molecule has 140 valence electrons. The number of H-pyrrole nitrogens is 3. The van der Waals surface area contributed by atoms with Crippen LogP contribution in [0.15, 0.2) is 18.6 Å². The maximum Gasteiger partial charge on any atom is 0.108 e. The summed E-state index contributed by atoms with van der Waals surface area (Å²) in [6, 6.07) is 0. The van der Waals surface area contributed by atoms with Crippen LogP contribution in [0.5, 0.6) is 0 Å². The van der Waals surface area contributed by atoms with Crippen LogP contribution >= 0.6 is 0 Å². The van der Waals surface area contributed by atoms with Gasteiger partial charge in [0, 0.05) is 0 Å². The molecule has 0 aromatic carbocycles. The maximum absolute atomic E-state index is 6.41. The second kappa shape index (κ2) is 9.10. The molecular weight excluding hydrogens is 344 g/mol. The highest BCUT2D eigenvalue weighted by molar-refractivity contribution is 4.91. The molecule has 0 fully saturated rings. The van der Waals surface area contributed by atoms with Gasteiger partial charge in [-0.3, -0.25) is 0 Å². The quantitative estimate of drug-likeness (QED) is 0.301. The van der Waals surface area contributed by atoms with Crippen LogP contribution in [0, 0.1) is 0 Å². The first-order valence-corrected chi connectivity index (χ1v) is 7.80. The number of aromatic nitrogens is 9. The summed E-state index contributed by atoms with van der Waals surface area (Å²) in [6.07, 6.45) is 4.75. The zero-order valence-corrected chi connectivity index (χ0v) is 14.0. The molecule has 5 N–H and O–H groups in total. The van der Waals surface area contributed by atoms with Crippen LogP contribution in [0.25, 0.3) is 0 Å². The zero-order valence-electron chi connectivity index (χ0n) is 14.0. The molecule has 0 atom stereocenters. The number of aromatic amines is 3. The van der Waals surface area contributed by atoms with Gasteiger partial charge in [-0.05, 0) is 0 Å². The molecule has 0 radical (unpaired) electrons. The van der Waals surface area contributed by atoms with E-state index >= 15 is 0 Å². The van der Waals surface area contributed by atoms with Crippen LogP contribution < -0.4 is 5.73 Å². The van der Waals surface area contributed by atoms with Gasteiger partial charge in [0.25, 0.3) is 0 Å². The molecule has 0 saturated carbocycles. The zero-order chi connectivity index (χ0) is 18.1. The summed E-state index contributed by atoms with van der Waals surface area (Å²) in [5, 5.41) is 30.5. The fourth-order valence-corrected chi connectivity index (χ4v) is 2.09. The first-order valence-electron chi connectivity index (χ1n) is 7.80. The van der Waals surface area contributed by atoms with Gasteiger partial charge < -0.3 is 19.9 Å². The van der Waals surface area contributed by atoms with Crippen molar-refractivity contribution in [2.24, 2.45) is 5.73 Å². The summed E-state index contributed by atoms with van der Waals surface area (Å²) in [6.45, 7) is 1.46. The fourth-order valence-electron chi connectivity index (χ4n) is 2.09. The topological polar surface area (TPSA) is 178 Å². The molecule has 0 spiro atoms. The summed E-state index contributed by atoms with van der Waals surface area (Å²) < 4.78 is 16.9. The summed E-state index contributed by atoms with van der Waals surface area (Å²) in [4.78, 5) is 0. The molecule has 0 aliphatic carbocycles. The van der Waals surface area contributed by atoms with Crippen LogP contribution in [-0.4, -0.2) is 71.6 Å². The van der Waals surface area contributed by atoms with Gasteiger partial charge in [-0.1, -0.05) is 0 Å². The number of hydrogen-bond donors (Lipinski definition) is 4. The van der Waals surface area contributed by atoms with Crippen molar-refractivity contribution in [1.82, 2.24) is 46.2 Å². The van der Waals surface area contributed by atoms with Gasteiger partial charge >= 0.3 is 0 Å². The Morgan fingerprint density at radius 2 is 1.04 bits per heavy atom. The van der Waals surface area contributed by atoms with Crippen molar-refractivity contribution in [2.45, 2.75) is 25.4 Å². The molecule has 0 unspecified atom stereocenters. The van der Waals surface area contributed by atoms with E-state index in [1.165, 1.54) is 0 Å². The minimum absolute atomic E-state index is 0.206. The number of hydrogen-bond acceptors (Lipinski definition) is 10. The van der Waals surface area contributed by atoms with Crippen LogP contribution in [-0.2, 0) is 34.0 Å². The van der Waals surface area contributed by atoms with Gasteiger partial charge in [0.05, 0.1) is 63.8 Å². The highest BCUT2D eigenvalue weighted by atomic mass is 16.5. The molecule has 3 aromatic rings. The van der Waals surface area contributed by atoms with Gasteiger partial charge in [0.15, 0.2) is 0 Å². The van der Waals surface area contributed by atoms with Crippen LogP contribution in [0.4, 0.5) is 0 Å². The molecule has 0 aliphatic rings. The van der Waals surface area contributed by atoms with Crippen molar-refractivity contribution in [3.8, 4) is 0 Å². The molecule has 3 heterocycles. The Morgan fingerprint density at radius 3 is 1.31 bits per heavy atom. The van der Waals surface area contributed by atoms with E-state index in [2.05, 4.69) is 46.2 Å². The van der Waals surface area contributed by atoms with Crippen molar-refractivity contribution in [3.63, 3.8) is 0 Å². The summed E-state index contributed by atoms with van der Waals surface area (Å²) in [5.41, 5.74) is 7.59. The normalized spacial score (nSPS) is 11.9. The first-order chi connectivity index (χ1) is 12.7. The monoisotopic (exact) mass is 364 g/mol. The van der Waals surface area contributed by atoms with E-state index in [1.807, 2.05) is 0 Å². The third-order valence-electron chi connectivity index (χ3n) is 3.31. The lowest BCUT2D eigenvalue weighted by atomic mass is 10.1. The van der Waals surface area contributed by atoms with Crippen molar-refractivity contribution < 1.29 is 14.2 Å². The van der Waals surface area contributed by atoms with Gasteiger partial charge in [0.1, 0.15) is 17.1 Å². The lowest BCUT2D eigenvalue weighted by molar-refractivity contribution is -0.0356. The number of rotatable bonds is 12. The lowest BCUT2D eigenvalue weighted by Crippen LogP contribution is -2.52. The molecule has 13 nitrogen and oxygen atoms in total. The van der Waals surface area contributed by atoms with Gasteiger partial charge in [-0.25, -0.2) is 0 Å². The number of nitrogens with zero attached hydrogens (tertiary/aromatic N) is 6. The van der Waals surface area contributed by atoms with Gasteiger partial charge in [-0.2, -0.15) is 46.2 Å². The molecule has 0 aliphatic heterocycles. The Hall–Kier alpha value is -2.74. The Labute approximate surface area is 148 Å². The van der Waals surface area contributed by atoms with Crippen LogP contribution in [0.3, 0.4) is 0 Å². The lowest BCUT2D eigenvalue weighted by Gasteiger charge is -2.28. The van der Waals surface area contributed by atoms with E-state index in [-0.39, 0.29) is 39.6 Å². The molecule has 3 rings (SSSR count).